The summed E-state index contributed by atoms with van der Waals surface area (Å²) in [7, 11) is 0. The largest absolute Gasteiger partial charge is 0.483 e. The molecule has 34 heavy (non-hydrogen) atoms. The third-order valence-electron chi connectivity index (χ3n) is 4.59. The number of carbonyl (C=O) groups excluding carboxylic acids is 2. The molecule has 0 bridgehead atoms. The first-order chi connectivity index (χ1) is 16.2. The summed E-state index contributed by atoms with van der Waals surface area (Å²) in [4.78, 5) is 34.6. The van der Waals surface area contributed by atoms with E-state index in [1.807, 2.05) is 0 Å². The summed E-state index contributed by atoms with van der Waals surface area (Å²) in [5.41, 5.74) is 4.33. The first-order valence-electron chi connectivity index (χ1n) is 10.0. The van der Waals surface area contributed by atoms with Gasteiger partial charge in [-0.2, -0.15) is 5.10 Å². The summed E-state index contributed by atoms with van der Waals surface area (Å²) in [6.45, 7) is 3.02. The molecule has 0 aliphatic carbocycles. The zero-order valence-electron chi connectivity index (χ0n) is 18.3. The van der Waals surface area contributed by atoms with Crippen molar-refractivity contribution >= 4 is 35.4 Å². The second-order valence-corrected chi connectivity index (χ2v) is 7.59. The van der Waals surface area contributed by atoms with E-state index >= 15 is 0 Å². The molecule has 0 unspecified atom stereocenters. The first-order valence-corrected chi connectivity index (χ1v) is 10.4. The quantitative estimate of drug-likeness (QED) is 0.165. The van der Waals surface area contributed by atoms with E-state index in [1.54, 1.807) is 62.4 Å². The Bertz CT molecular complexity index is 1230. The maximum absolute atomic E-state index is 12.2. The molecule has 1 N–H and O–H groups in total. The molecule has 174 valence electrons. The van der Waals surface area contributed by atoms with Crippen molar-refractivity contribution in [1.82, 2.24) is 5.43 Å². The topological polar surface area (TPSA) is 120 Å². The number of nitrogens with one attached hydrogen (secondary N) is 1. The average molecular weight is 482 g/mol. The Morgan fingerprint density at radius 1 is 1.09 bits per heavy atom. The maximum atomic E-state index is 12.2. The van der Waals surface area contributed by atoms with Crippen molar-refractivity contribution in [3.63, 3.8) is 0 Å². The van der Waals surface area contributed by atoms with E-state index < -0.39 is 16.8 Å². The Morgan fingerprint density at radius 3 is 2.35 bits per heavy atom. The summed E-state index contributed by atoms with van der Waals surface area (Å²) >= 11 is 6.00. The minimum Gasteiger partial charge on any atom is -0.483 e. The number of amides is 1. The summed E-state index contributed by atoms with van der Waals surface area (Å²) in [5.74, 6) is -0.337. The predicted molar refractivity (Wildman–Crippen MR) is 127 cm³/mol. The van der Waals surface area contributed by atoms with Crippen molar-refractivity contribution in [2.45, 2.75) is 13.8 Å². The summed E-state index contributed by atoms with van der Waals surface area (Å²) in [6.07, 6.45) is 1.42. The molecule has 0 saturated heterocycles. The molecule has 0 spiro atoms. The molecular formula is C24H20ClN3O6. The predicted octanol–water partition coefficient (Wildman–Crippen LogP) is 4.61. The molecule has 0 aromatic heterocycles. The van der Waals surface area contributed by atoms with Crippen molar-refractivity contribution in [1.29, 1.82) is 0 Å². The van der Waals surface area contributed by atoms with Crippen LogP contribution in [0, 0.1) is 24.0 Å². The van der Waals surface area contributed by atoms with E-state index in [0.29, 0.717) is 33.2 Å². The number of esters is 1. The van der Waals surface area contributed by atoms with Gasteiger partial charge in [0.1, 0.15) is 11.5 Å². The number of hydrazone groups is 1. The molecule has 3 rings (SSSR count). The van der Waals surface area contributed by atoms with E-state index in [9.17, 15) is 19.7 Å². The van der Waals surface area contributed by atoms with Crippen molar-refractivity contribution in [2.75, 3.05) is 6.61 Å². The lowest BCUT2D eigenvalue weighted by Crippen LogP contribution is -2.25. The third-order valence-corrected chi connectivity index (χ3v) is 4.92. The number of hydrogen-bond acceptors (Lipinski definition) is 7. The van der Waals surface area contributed by atoms with Gasteiger partial charge in [0.05, 0.1) is 21.7 Å². The SMILES string of the molecule is Cc1cc([N+](=O)[O-])cc(C)c1OCC(=O)N/N=C\c1ccc(OC(=O)c2ccccc2Cl)cc1. The van der Waals surface area contributed by atoms with E-state index in [1.165, 1.54) is 18.3 Å². The van der Waals surface area contributed by atoms with Crippen molar-refractivity contribution in [3.8, 4) is 11.5 Å². The molecule has 0 radical (unpaired) electrons. The molecule has 0 aliphatic heterocycles. The standard InChI is InChI=1S/C24H20ClN3O6/c1-15-11-18(28(31)32)12-16(2)23(15)33-14-22(29)27-26-13-17-7-9-19(10-8-17)34-24(30)20-5-3-4-6-21(20)25/h3-13H,14H2,1-2H3,(H,27,29)/b26-13-. The monoisotopic (exact) mass is 481 g/mol. The highest BCUT2D eigenvalue weighted by molar-refractivity contribution is 6.33. The van der Waals surface area contributed by atoms with Crippen LogP contribution in [0.25, 0.3) is 0 Å². The van der Waals surface area contributed by atoms with Crippen molar-refractivity contribution in [2.24, 2.45) is 5.10 Å². The molecule has 9 nitrogen and oxygen atoms in total. The van der Waals surface area contributed by atoms with Gasteiger partial charge in [-0.1, -0.05) is 23.7 Å². The lowest BCUT2D eigenvalue weighted by atomic mass is 10.1. The van der Waals surface area contributed by atoms with Crippen LogP contribution >= 0.6 is 11.6 Å². The molecule has 1 amide bonds. The van der Waals surface area contributed by atoms with Gasteiger partial charge in [0.25, 0.3) is 11.6 Å². The van der Waals surface area contributed by atoms with E-state index in [0.717, 1.165) is 0 Å². The van der Waals surface area contributed by atoms with Gasteiger partial charge in [-0.25, -0.2) is 10.2 Å². The highest BCUT2D eigenvalue weighted by Gasteiger charge is 2.14. The Hall–Kier alpha value is -4.24. The fourth-order valence-electron chi connectivity index (χ4n) is 3.02. The van der Waals surface area contributed by atoms with Crippen LogP contribution in [-0.2, 0) is 4.79 Å². The number of aryl methyl sites for hydroxylation is 2. The van der Waals surface area contributed by atoms with E-state index in [4.69, 9.17) is 21.1 Å². The fraction of sp³-hybridized carbons (Fsp3) is 0.125. The van der Waals surface area contributed by atoms with Gasteiger partial charge in [-0.05, 0) is 66.9 Å². The molecule has 0 atom stereocenters. The molecule has 0 aliphatic rings. The minimum absolute atomic E-state index is 0.0407. The highest BCUT2D eigenvalue weighted by atomic mass is 35.5. The number of nitrogens with zero attached hydrogens (tertiary/aromatic N) is 2. The van der Waals surface area contributed by atoms with Crippen molar-refractivity contribution < 1.29 is 24.0 Å². The number of ether oxygens (including phenoxy) is 2. The smallest absolute Gasteiger partial charge is 0.345 e. The number of nitro groups is 1. The molecule has 0 saturated carbocycles. The van der Waals surface area contributed by atoms with Gasteiger partial charge in [0.2, 0.25) is 0 Å². The zero-order valence-corrected chi connectivity index (χ0v) is 19.0. The third kappa shape index (κ3) is 6.39. The Labute approximate surface area is 200 Å². The molecular weight excluding hydrogens is 462 g/mol. The molecule has 3 aromatic rings. The number of hydrogen-bond donors (Lipinski definition) is 1. The lowest BCUT2D eigenvalue weighted by Gasteiger charge is -2.11. The number of nitro benzene ring substituents is 1. The fourth-order valence-corrected chi connectivity index (χ4v) is 3.23. The van der Waals surface area contributed by atoms with Gasteiger partial charge >= 0.3 is 5.97 Å². The minimum atomic E-state index is -0.572. The number of halogens is 1. The normalized spacial score (nSPS) is 10.7. The Morgan fingerprint density at radius 2 is 1.74 bits per heavy atom. The zero-order chi connectivity index (χ0) is 24.7. The van der Waals surface area contributed by atoms with Crippen LogP contribution in [0.3, 0.4) is 0 Å². The number of benzene rings is 3. The van der Waals surface area contributed by atoms with E-state index in [2.05, 4.69) is 10.5 Å². The van der Waals surface area contributed by atoms with Crippen LogP contribution in [0.2, 0.25) is 5.02 Å². The molecule has 10 heteroatoms. The van der Waals surface area contributed by atoms with Gasteiger partial charge in [0, 0.05) is 12.1 Å². The van der Waals surface area contributed by atoms with Gasteiger partial charge in [-0.3, -0.25) is 14.9 Å². The molecule has 0 fully saturated rings. The average Bonchev–Trinajstić information content (AvgIpc) is 2.79. The van der Waals surface area contributed by atoms with Gasteiger partial charge in [-0.15, -0.1) is 0 Å². The van der Waals surface area contributed by atoms with Crippen molar-refractivity contribution in [3.05, 3.63) is 98.1 Å². The number of rotatable bonds is 8. The summed E-state index contributed by atoms with van der Waals surface area (Å²) < 4.78 is 10.8. The summed E-state index contributed by atoms with van der Waals surface area (Å²) in [5, 5.41) is 15.1. The van der Waals surface area contributed by atoms with Crippen LogP contribution in [0.4, 0.5) is 5.69 Å². The summed E-state index contributed by atoms with van der Waals surface area (Å²) in [6, 6.07) is 15.8. The lowest BCUT2D eigenvalue weighted by molar-refractivity contribution is -0.385. The number of carbonyl (C=O) groups is 2. The van der Waals surface area contributed by atoms with Crippen LogP contribution in [0.5, 0.6) is 11.5 Å². The van der Waals surface area contributed by atoms with Gasteiger partial charge in [0.15, 0.2) is 6.61 Å². The van der Waals surface area contributed by atoms with Crippen LogP contribution in [-0.4, -0.2) is 29.6 Å². The second-order valence-electron chi connectivity index (χ2n) is 7.19. The highest BCUT2D eigenvalue weighted by Crippen LogP contribution is 2.28. The number of non-ortho nitro benzene ring substituents is 1. The van der Waals surface area contributed by atoms with Crippen LogP contribution < -0.4 is 14.9 Å². The molecule has 0 heterocycles. The maximum Gasteiger partial charge on any atom is 0.345 e. The first kappa shape index (κ1) is 24.4. The van der Waals surface area contributed by atoms with Gasteiger partial charge < -0.3 is 9.47 Å². The second kappa shape index (κ2) is 11.1. The Balaban J connectivity index is 1.51. The Kier molecular flexibility index (Phi) is 7.94. The van der Waals surface area contributed by atoms with E-state index in [-0.39, 0.29) is 17.9 Å². The molecule has 3 aromatic carbocycles. The van der Waals surface area contributed by atoms with Crippen LogP contribution in [0.15, 0.2) is 65.8 Å². The van der Waals surface area contributed by atoms with Crippen LogP contribution in [0.1, 0.15) is 27.0 Å².